The van der Waals surface area contributed by atoms with Gasteiger partial charge in [-0.1, -0.05) is 52.0 Å². The molecule has 0 aromatic rings. The van der Waals surface area contributed by atoms with Crippen molar-refractivity contribution in [3.05, 3.63) is 11.6 Å². The van der Waals surface area contributed by atoms with E-state index in [1.807, 2.05) is 0 Å². The third-order valence-electron chi connectivity index (χ3n) is 5.54. The van der Waals surface area contributed by atoms with Gasteiger partial charge in [-0.15, -0.1) is 0 Å². The van der Waals surface area contributed by atoms with Crippen LogP contribution in [0.25, 0.3) is 0 Å². The second kappa shape index (κ2) is 8.14. The average molecular weight is 308 g/mol. The molecular weight excluding hydrogens is 276 g/mol. The monoisotopic (exact) mass is 308 g/mol. The average Bonchev–Trinajstić information content (AvgIpc) is 3.29. The molecule has 22 heavy (non-hydrogen) atoms. The smallest absolute Gasteiger partial charge is 0.304 e. The topological polar surface area (TPSA) is 49.8 Å². The summed E-state index contributed by atoms with van der Waals surface area (Å²) >= 11 is 0. The van der Waals surface area contributed by atoms with Crippen molar-refractivity contribution in [1.29, 1.82) is 0 Å². The number of allylic oxidation sites excluding steroid dienone is 1. The summed E-state index contributed by atoms with van der Waals surface area (Å²) in [6.07, 6.45) is 15.1. The Bertz CT molecular complexity index is 401. The van der Waals surface area contributed by atoms with Crippen molar-refractivity contribution in [3.8, 4) is 0 Å². The number of carboxylic acid groups (broad SMARTS) is 1. The quantitative estimate of drug-likeness (QED) is 0.347. The molecule has 0 radical (unpaired) electrons. The van der Waals surface area contributed by atoms with Gasteiger partial charge in [-0.2, -0.15) is 0 Å². The molecule has 126 valence electrons. The van der Waals surface area contributed by atoms with Crippen LogP contribution in [0, 0.1) is 5.41 Å². The molecule has 2 rings (SSSR count). The summed E-state index contributed by atoms with van der Waals surface area (Å²) in [7, 11) is 0. The molecule has 0 amide bonds. The van der Waals surface area contributed by atoms with E-state index >= 15 is 0 Å². The van der Waals surface area contributed by atoms with Gasteiger partial charge in [-0.3, -0.25) is 4.79 Å². The zero-order chi connectivity index (χ0) is 16.0. The Morgan fingerprint density at radius 3 is 2.68 bits per heavy atom. The molecule has 0 bridgehead atoms. The van der Waals surface area contributed by atoms with Gasteiger partial charge in [0.05, 0.1) is 12.5 Å². The van der Waals surface area contributed by atoms with Gasteiger partial charge in [0.1, 0.15) is 6.10 Å². The molecule has 1 aliphatic carbocycles. The number of carboxylic acids is 1. The van der Waals surface area contributed by atoms with E-state index in [0.29, 0.717) is 0 Å². The van der Waals surface area contributed by atoms with E-state index < -0.39 is 5.97 Å². The number of epoxide rings is 1. The van der Waals surface area contributed by atoms with Crippen molar-refractivity contribution in [2.75, 3.05) is 0 Å². The fraction of sp³-hybridized carbons (Fsp3) is 0.842. The van der Waals surface area contributed by atoms with E-state index in [1.54, 1.807) is 0 Å². The minimum atomic E-state index is -0.685. The van der Waals surface area contributed by atoms with Crippen LogP contribution >= 0.6 is 0 Å². The van der Waals surface area contributed by atoms with Crippen LogP contribution in [0.5, 0.6) is 0 Å². The molecule has 1 heterocycles. The van der Waals surface area contributed by atoms with E-state index in [4.69, 9.17) is 9.84 Å². The molecule has 1 N–H and O–H groups in total. The molecule has 0 aromatic carbocycles. The molecule has 1 aliphatic heterocycles. The predicted molar refractivity (Wildman–Crippen MR) is 88.9 cm³/mol. The van der Waals surface area contributed by atoms with Gasteiger partial charge in [0.2, 0.25) is 0 Å². The van der Waals surface area contributed by atoms with Crippen molar-refractivity contribution in [1.82, 2.24) is 0 Å². The van der Waals surface area contributed by atoms with Crippen LogP contribution in [0.4, 0.5) is 0 Å². The number of ether oxygens (including phenoxy) is 1. The molecular formula is C19H32O3. The van der Waals surface area contributed by atoms with Gasteiger partial charge in [-0.25, -0.2) is 0 Å². The highest BCUT2D eigenvalue weighted by molar-refractivity contribution is 5.68. The predicted octanol–water partition coefficient (Wildman–Crippen LogP) is 5.10. The van der Waals surface area contributed by atoms with Crippen LogP contribution in [-0.2, 0) is 9.53 Å². The molecule has 1 saturated carbocycles. The molecule has 2 fully saturated rings. The van der Waals surface area contributed by atoms with Crippen LogP contribution < -0.4 is 0 Å². The fourth-order valence-electron chi connectivity index (χ4n) is 3.96. The van der Waals surface area contributed by atoms with Crippen LogP contribution in [-0.4, -0.2) is 23.3 Å². The zero-order valence-electron chi connectivity index (χ0n) is 14.3. The van der Waals surface area contributed by atoms with Crippen LogP contribution in [0.1, 0.15) is 84.5 Å². The van der Waals surface area contributed by atoms with Gasteiger partial charge in [0.15, 0.2) is 0 Å². The lowest BCUT2D eigenvalue weighted by molar-refractivity contribution is -0.140. The fourth-order valence-corrected chi connectivity index (χ4v) is 3.96. The highest BCUT2D eigenvalue weighted by atomic mass is 16.6. The van der Waals surface area contributed by atoms with Gasteiger partial charge in [0, 0.05) is 5.41 Å². The molecule has 0 aromatic heterocycles. The van der Waals surface area contributed by atoms with Crippen molar-refractivity contribution >= 4 is 5.97 Å². The second-order valence-corrected chi connectivity index (χ2v) is 7.10. The molecule has 3 nitrogen and oxygen atoms in total. The van der Waals surface area contributed by atoms with E-state index in [-0.39, 0.29) is 24.0 Å². The molecule has 0 unspecified atom stereocenters. The van der Waals surface area contributed by atoms with Crippen molar-refractivity contribution in [2.45, 2.75) is 96.7 Å². The lowest BCUT2D eigenvalue weighted by Crippen LogP contribution is -2.34. The summed E-state index contributed by atoms with van der Waals surface area (Å²) in [5, 5.41) is 9.16. The van der Waals surface area contributed by atoms with Gasteiger partial charge < -0.3 is 9.84 Å². The molecule has 3 atom stereocenters. The number of carbonyl (C=O) groups is 1. The maximum atomic E-state index is 11.1. The third kappa shape index (κ3) is 4.34. The maximum Gasteiger partial charge on any atom is 0.304 e. The first-order chi connectivity index (χ1) is 10.6. The van der Waals surface area contributed by atoms with Crippen molar-refractivity contribution in [2.24, 2.45) is 5.41 Å². The Balaban J connectivity index is 1.74. The van der Waals surface area contributed by atoms with E-state index in [1.165, 1.54) is 44.1 Å². The van der Waals surface area contributed by atoms with Crippen molar-refractivity contribution in [3.63, 3.8) is 0 Å². The summed E-state index contributed by atoms with van der Waals surface area (Å²) in [5.41, 5.74) is 1.32. The van der Waals surface area contributed by atoms with Crippen LogP contribution in [0.15, 0.2) is 11.6 Å². The highest BCUT2D eigenvalue weighted by Crippen LogP contribution is 2.54. The Kier molecular flexibility index (Phi) is 6.49. The molecule has 3 heteroatoms. The van der Waals surface area contributed by atoms with E-state index in [2.05, 4.69) is 19.9 Å². The third-order valence-corrected chi connectivity index (χ3v) is 5.54. The number of aliphatic carboxylic acids is 1. The first-order valence-electron chi connectivity index (χ1n) is 9.19. The lowest BCUT2D eigenvalue weighted by Gasteiger charge is -2.33. The summed E-state index contributed by atoms with van der Waals surface area (Å²) in [5.74, 6) is -0.685. The number of rotatable bonds is 10. The Morgan fingerprint density at radius 1 is 1.27 bits per heavy atom. The van der Waals surface area contributed by atoms with E-state index in [9.17, 15) is 4.79 Å². The Morgan fingerprint density at radius 2 is 2.00 bits per heavy atom. The van der Waals surface area contributed by atoms with Crippen LogP contribution in [0.3, 0.4) is 0 Å². The van der Waals surface area contributed by atoms with Crippen LogP contribution in [0.2, 0.25) is 0 Å². The van der Waals surface area contributed by atoms with E-state index in [0.717, 1.165) is 25.7 Å². The number of hydrogen-bond donors (Lipinski definition) is 1. The summed E-state index contributed by atoms with van der Waals surface area (Å²) in [4.78, 5) is 11.1. The summed E-state index contributed by atoms with van der Waals surface area (Å²) in [6, 6.07) is 0. The lowest BCUT2D eigenvalue weighted by atomic mass is 9.68. The maximum absolute atomic E-state index is 11.1. The molecule has 0 spiro atoms. The minimum Gasteiger partial charge on any atom is -0.481 e. The van der Waals surface area contributed by atoms with Gasteiger partial charge >= 0.3 is 5.97 Å². The first-order valence-corrected chi connectivity index (χ1v) is 9.19. The zero-order valence-corrected chi connectivity index (χ0v) is 14.3. The standard InChI is InChI=1S/C19H32O3/c1-3-5-6-7-8-9-10-11-15-12-13-19(4-2,14-16(20)21)18-17(15)22-18/h11,17-18H,3-10,12-14H2,1-2H3,(H,20,21)/t17-,18-,19-/m0/s1. The minimum absolute atomic E-state index is 0.117. The number of fused-ring (bicyclic) bond motifs is 1. The number of unbranched alkanes of at least 4 members (excludes halogenated alkanes) is 6. The molecule has 1 saturated heterocycles. The molecule has 2 aliphatic rings. The number of hydrogen-bond acceptors (Lipinski definition) is 2. The summed E-state index contributed by atoms with van der Waals surface area (Å²) in [6.45, 7) is 4.35. The van der Waals surface area contributed by atoms with Crippen molar-refractivity contribution < 1.29 is 14.6 Å². The first kappa shape index (κ1) is 17.5. The largest absolute Gasteiger partial charge is 0.481 e. The second-order valence-electron chi connectivity index (χ2n) is 7.10. The Labute approximate surface area is 135 Å². The highest BCUT2D eigenvalue weighted by Gasteiger charge is 2.58. The van der Waals surface area contributed by atoms with Gasteiger partial charge in [0.25, 0.3) is 0 Å². The van der Waals surface area contributed by atoms with Gasteiger partial charge in [-0.05, 0) is 37.7 Å². The normalized spacial score (nSPS) is 32.0. The summed E-state index contributed by atoms with van der Waals surface area (Å²) < 4.78 is 5.88. The SMILES string of the molecule is CCCCCCCCC=C1CC[C@@](CC)(CC(=O)O)[C@H]2O[C@@H]12. The Hall–Kier alpha value is -0.830.